The maximum absolute atomic E-state index is 12.3. The van der Waals surface area contributed by atoms with E-state index in [1.165, 1.54) is 27.2 Å². The summed E-state index contributed by atoms with van der Waals surface area (Å²) in [6, 6.07) is 4.25. The van der Waals surface area contributed by atoms with Crippen molar-refractivity contribution in [3.8, 4) is 11.5 Å². The van der Waals surface area contributed by atoms with Gasteiger partial charge in [-0.2, -0.15) is 0 Å². The Labute approximate surface area is 152 Å². The Morgan fingerprint density at radius 3 is 2.42 bits per heavy atom. The molecular weight excluding hydrogens is 340 g/mol. The molecule has 0 spiro atoms. The van der Waals surface area contributed by atoms with Crippen molar-refractivity contribution in [3.05, 3.63) is 23.8 Å². The number of methoxy groups -OCH3 is 2. The van der Waals surface area contributed by atoms with Crippen LogP contribution in [0.1, 0.15) is 43.0 Å². The van der Waals surface area contributed by atoms with Gasteiger partial charge in [0.15, 0.2) is 17.6 Å². The van der Waals surface area contributed by atoms with Gasteiger partial charge in [0.25, 0.3) is 5.91 Å². The molecule has 1 aliphatic rings. The third-order valence-corrected chi connectivity index (χ3v) is 4.20. The zero-order valence-corrected chi connectivity index (χ0v) is 15.2. The van der Waals surface area contributed by atoms with Gasteiger partial charge in [-0.25, -0.2) is 9.59 Å². The van der Waals surface area contributed by atoms with Crippen molar-refractivity contribution in [2.45, 2.75) is 44.8 Å². The molecule has 1 aromatic rings. The number of hydrogen-bond donors (Lipinski definition) is 2. The predicted octanol–water partition coefficient (Wildman–Crippen LogP) is 2.02. The summed E-state index contributed by atoms with van der Waals surface area (Å²) in [5, 5.41) is 4.93. The summed E-state index contributed by atoms with van der Waals surface area (Å²) in [5.41, 5.74) is 0.127. The normalized spacial score (nSPS) is 15.0. The van der Waals surface area contributed by atoms with Crippen molar-refractivity contribution in [3.63, 3.8) is 0 Å². The number of ether oxygens (including phenoxy) is 3. The monoisotopic (exact) mass is 364 g/mol. The first-order valence-corrected chi connectivity index (χ1v) is 8.49. The van der Waals surface area contributed by atoms with Crippen molar-refractivity contribution in [2.75, 3.05) is 14.2 Å². The summed E-state index contributed by atoms with van der Waals surface area (Å²) in [5.74, 6) is -0.864. The second-order valence-corrected chi connectivity index (χ2v) is 6.03. The lowest BCUT2D eigenvalue weighted by atomic mass is 10.2. The molecule has 2 N–H and O–H groups in total. The van der Waals surface area contributed by atoms with E-state index >= 15 is 0 Å². The molecule has 3 amide bonds. The third kappa shape index (κ3) is 4.87. The van der Waals surface area contributed by atoms with E-state index in [-0.39, 0.29) is 17.4 Å². The number of carbonyl (C=O) groups is 3. The molecule has 0 aliphatic heterocycles. The Kier molecular flexibility index (Phi) is 6.82. The van der Waals surface area contributed by atoms with Crippen LogP contribution in [0.3, 0.4) is 0 Å². The number of imide groups is 1. The minimum Gasteiger partial charge on any atom is -0.493 e. The van der Waals surface area contributed by atoms with Crippen molar-refractivity contribution in [1.29, 1.82) is 0 Å². The highest BCUT2D eigenvalue weighted by Crippen LogP contribution is 2.31. The molecule has 2 rings (SSSR count). The number of para-hydroxylation sites is 1. The fourth-order valence-corrected chi connectivity index (χ4v) is 2.83. The smallest absolute Gasteiger partial charge is 0.342 e. The predicted molar refractivity (Wildman–Crippen MR) is 93.4 cm³/mol. The highest BCUT2D eigenvalue weighted by atomic mass is 16.6. The van der Waals surface area contributed by atoms with Crippen LogP contribution in [0.2, 0.25) is 0 Å². The Morgan fingerprint density at radius 1 is 1.12 bits per heavy atom. The van der Waals surface area contributed by atoms with Crippen molar-refractivity contribution in [1.82, 2.24) is 10.6 Å². The second-order valence-electron chi connectivity index (χ2n) is 6.03. The number of carbonyl (C=O) groups excluding carboxylic acids is 3. The largest absolute Gasteiger partial charge is 0.493 e. The molecule has 26 heavy (non-hydrogen) atoms. The van der Waals surface area contributed by atoms with Gasteiger partial charge < -0.3 is 19.5 Å². The Morgan fingerprint density at radius 2 is 1.81 bits per heavy atom. The summed E-state index contributed by atoms with van der Waals surface area (Å²) >= 11 is 0. The van der Waals surface area contributed by atoms with E-state index in [0.717, 1.165) is 25.7 Å². The van der Waals surface area contributed by atoms with E-state index in [0.29, 0.717) is 5.75 Å². The number of urea groups is 1. The Bertz CT molecular complexity index is 670. The Hall–Kier alpha value is -2.77. The lowest BCUT2D eigenvalue weighted by Crippen LogP contribution is -2.47. The lowest BCUT2D eigenvalue weighted by molar-refractivity contribution is -0.127. The van der Waals surface area contributed by atoms with Crippen molar-refractivity contribution >= 4 is 17.9 Å². The zero-order chi connectivity index (χ0) is 19.1. The SMILES string of the molecule is COc1cccc(C(=O)OC(C)C(=O)NC(=O)NC2CCCC2)c1OC. The van der Waals surface area contributed by atoms with Crippen molar-refractivity contribution < 1.29 is 28.6 Å². The molecule has 1 fully saturated rings. The van der Waals surface area contributed by atoms with Crippen LogP contribution >= 0.6 is 0 Å². The minimum atomic E-state index is -1.15. The average Bonchev–Trinajstić information content (AvgIpc) is 3.13. The van der Waals surface area contributed by atoms with Gasteiger partial charge in [-0.15, -0.1) is 0 Å². The zero-order valence-electron chi connectivity index (χ0n) is 15.2. The number of amides is 3. The molecule has 0 saturated heterocycles. The number of nitrogens with one attached hydrogen (secondary N) is 2. The fraction of sp³-hybridized carbons (Fsp3) is 0.500. The van der Waals surface area contributed by atoms with Crippen LogP contribution in [0.15, 0.2) is 18.2 Å². The van der Waals surface area contributed by atoms with E-state index in [4.69, 9.17) is 14.2 Å². The lowest BCUT2D eigenvalue weighted by Gasteiger charge is -2.17. The van der Waals surface area contributed by atoms with Gasteiger partial charge in [-0.1, -0.05) is 18.9 Å². The summed E-state index contributed by atoms with van der Waals surface area (Å²) in [4.78, 5) is 36.2. The first kappa shape index (κ1) is 19.6. The molecule has 142 valence electrons. The van der Waals surface area contributed by atoms with Crippen LogP contribution < -0.4 is 20.1 Å². The topological polar surface area (TPSA) is 103 Å². The minimum absolute atomic E-state index is 0.0849. The Balaban J connectivity index is 1.93. The maximum Gasteiger partial charge on any atom is 0.342 e. The molecule has 0 bridgehead atoms. The molecular formula is C18H24N2O6. The van der Waals surface area contributed by atoms with Crippen molar-refractivity contribution in [2.24, 2.45) is 0 Å². The molecule has 8 heteroatoms. The number of benzene rings is 1. The molecule has 1 atom stereocenters. The van der Waals surface area contributed by atoms with Gasteiger partial charge in [-0.05, 0) is 31.9 Å². The van der Waals surface area contributed by atoms with Crippen LogP contribution in [0, 0.1) is 0 Å². The molecule has 1 aromatic carbocycles. The standard InChI is InChI=1S/C18H24N2O6/c1-11(16(21)20-18(23)19-12-7-4-5-8-12)26-17(22)13-9-6-10-14(24-2)15(13)25-3/h6,9-12H,4-5,7-8H2,1-3H3,(H2,19,20,21,23). The molecule has 0 radical (unpaired) electrons. The van der Waals surface area contributed by atoms with E-state index in [2.05, 4.69) is 10.6 Å². The molecule has 8 nitrogen and oxygen atoms in total. The van der Waals surface area contributed by atoms with Gasteiger partial charge in [0.05, 0.1) is 14.2 Å². The van der Waals surface area contributed by atoms with E-state index < -0.39 is 24.0 Å². The van der Waals surface area contributed by atoms with Gasteiger partial charge in [0, 0.05) is 6.04 Å². The first-order valence-electron chi connectivity index (χ1n) is 8.49. The molecule has 1 saturated carbocycles. The van der Waals surface area contributed by atoms with E-state index in [9.17, 15) is 14.4 Å². The summed E-state index contributed by atoms with van der Waals surface area (Å²) < 4.78 is 15.5. The second kappa shape index (κ2) is 9.07. The number of rotatable bonds is 6. The summed E-state index contributed by atoms with van der Waals surface area (Å²) in [6.45, 7) is 1.39. The molecule has 1 aliphatic carbocycles. The number of esters is 1. The summed E-state index contributed by atoms with van der Waals surface area (Å²) in [6.07, 6.45) is 2.79. The quantitative estimate of drug-likeness (QED) is 0.749. The van der Waals surface area contributed by atoms with E-state index in [1.54, 1.807) is 12.1 Å². The van der Waals surface area contributed by atoms with Crippen LogP contribution in [0.5, 0.6) is 11.5 Å². The maximum atomic E-state index is 12.3. The van der Waals surface area contributed by atoms with Crippen LogP contribution in [-0.2, 0) is 9.53 Å². The van der Waals surface area contributed by atoms with E-state index in [1.807, 2.05) is 0 Å². The van der Waals surface area contributed by atoms with Gasteiger partial charge >= 0.3 is 12.0 Å². The molecule has 0 aromatic heterocycles. The molecule has 0 heterocycles. The third-order valence-electron chi connectivity index (χ3n) is 4.20. The summed E-state index contributed by atoms with van der Waals surface area (Å²) in [7, 11) is 2.85. The fourth-order valence-electron chi connectivity index (χ4n) is 2.83. The highest BCUT2D eigenvalue weighted by molar-refractivity contribution is 5.99. The van der Waals surface area contributed by atoms with Gasteiger partial charge in [0.1, 0.15) is 5.56 Å². The van der Waals surface area contributed by atoms with Crippen LogP contribution in [0.25, 0.3) is 0 Å². The molecule has 1 unspecified atom stereocenters. The van der Waals surface area contributed by atoms with Crippen LogP contribution in [0.4, 0.5) is 4.79 Å². The first-order chi connectivity index (χ1) is 12.5. The van der Waals surface area contributed by atoms with Gasteiger partial charge in [0.2, 0.25) is 0 Å². The highest BCUT2D eigenvalue weighted by Gasteiger charge is 2.25. The average molecular weight is 364 g/mol. The number of hydrogen-bond acceptors (Lipinski definition) is 6. The van der Waals surface area contributed by atoms with Gasteiger partial charge in [-0.3, -0.25) is 10.1 Å². The van der Waals surface area contributed by atoms with Crippen LogP contribution in [-0.4, -0.2) is 44.3 Å².